The van der Waals surface area contributed by atoms with Gasteiger partial charge in [-0.15, -0.1) is 0 Å². The van der Waals surface area contributed by atoms with E-state index in [0.717, 1.165) is 49.6 Å². The maximum atomic E-state index is 6.16. The molecule has 0 radical (unpaired) electrons. The predicted molar refractivity (Wildman–Crippen MR) is 78.0 cm³/mol. The number of rotatable bonds is 8. The number of nitrogens with one attached hydrogen (secondary N) is 1. The van der Waals surface area contributed by atoms with Crippen LogP contribution in [0.3, 0.4) is 0 Å². The quantitative estimate of drug-likeness (QED) is 0.585. The normalized spacial score (nSPS) is 14.7. The van der Waals surface area contributed by atoms with Crippen molar-refractivity contribution in [2.24, 2.45) is 0 Å². The third kappa shape index (κ3) is 4.32. The first-order chi connectivity index (χ1) is 9.22. The van der Waals surface area contributed by atoms with Crippen LogP contribution >= 0.6 is 11.6 Å². The first kappa shape index (κ1) is 14.5. The van der Waals surface area contributed by atoms with Crippen molar-refractivity contribution < 1.29 is 4.74 Å². The van der Waals surface area contributed by atoms with Crippen LogP contribution < -0.4 is 5.32 Å². The third-order valence-corrected chi connectivity index (χ3v) is 3.73. The van der Waals surface area contributed by atoms with E-state index in [2.05, 4.69) is 15.3 Å². The van der Waals surface area contributed by atoms with Crippen molar-refractivity contribution in [3.63, 3.8) is 0 Å². The van der Waals surface area contributed by atoms with Crippen LogP contribution in [0.1, 0.15) is 49.4 Å². The van der Waals surface area contributed by atoms with E-state index in [9.17, 15) is 0 Å². The van der Waals surface area contributed by atoms with E-state index >= 15 is 0 Å². The number of aromatic nitrogens is 2. The fourth-order valence-electron chi connectivity index (χ4n) is 1.96. The molecule has 0 aromatic carbocycles. The summed E-state index contributed by atoms with van der Waals surface area (Å²) < 4.78 is 5.03. The molecule has 0 atom stereocenters. The average molecular weight is 284 g/mol. The highest BCUT2D eigenvalue weighted by Crippen LogP contribution is 2.39. The molecule has 0 unspecified atom stereocenters. The molecule has 1 aromatic heterocycles. The summed E-state index contributed by atoms with van der Waals surface area (Å²) in [6, 6.07) is 0. The fourth-order valence-corrected chi connectivity index (χ4v) is 2.13. The van der Waals surface area contributed by atoms with E-state index in [1.807, 2.05) is 6.92 Å². The average Bonchev–Trinajstić information content (AvgIpc) is 3.22. The van der Waals surface area contributed by atoms with E-state index in [1.165, 1.54) is 12.8 Å². The van der Waals surface area contributed by atoms with Gasteiger partial charge < -0.3 is 10.1 Å². The summed E-state index contributed by atoms with van der Waals surface area (Å²) in [4.78, 5) is 8.96. The van der Waals surface area contributed by atoms with E-state index in [-0.39, 0.29) is 0 Å². The highest BCUT2D eigenvalue weighted by molar-refractivity contribution is 6.30. The van der Waals surface area contributed by atoms with Crippen molar-refractivity contribution in [1.29, 1.82) is 0 Å². The SMILES string of the molecule is COCCCCCNc1nc(C2CC2)nc(Cl)c1C. The molecule has 1 aromatic rings. The Morgan fingerprint density at radius 2 is 2.05 bits per heavy atom. The molecule has 1 fully saturated rings. The van der Waals surface area contributed by atoms with E-state index in [1.54, 1.807) is 7.11 Å². The minimum atomic E-state index is 0.528. The molecule has 1 heterocycles. The largest absolute Gasteiger partial charge is 0.385 e. The summed E-state index contributed by atoms with van der Waals surface area (Å²) in [6.45, 7) is 3.72. The summed E-state index contributed by atoms with van der Waals surface area (Å²) in [6.07, 6.45) is 5.76. The van der Waals surface area contributed by atoms with Gasteiger partial charge in [-0.1, -0.05) is 11.6 Å². The van der Waals surface area contributed by atoms with Gasteiger partial charge in [-0.3, -0.25) is 0 Å². The van der Waals surface area contributed by atoms with E-state index in [0.29, 0.717) is 11.1 Å². The lowest BCUT2D eigenvalue weighted by Crippen LogP contribution is -2.08. The van der Waals surface area contributed by atoms with Crippen molar-refractivity contribution in [3.05, 3.63) is 16.5 Å². The van der Waals surface area contributed by atoms with Crippen LogP contribution in [-0.4, -0.2) is 30.2 Å². The summed E-state index contributed by atoms with van der Waals surface area (Å²) in [5, 5.41) is 3.96. The zero-order chi connectivity index (χ0) is 13.7. The topological polar surface area (TPSA) is 47.0 Å². The number of ether oxygens (including phenoxy) is 1. The maximum absolute atomic E-state index is 6.16. The van der Waals surface area contributed by atoms with Crippen LogP contribution in [0.15, 0.2) is 0 Å². The second-order valence-corrected chi connectivity index (χ2v) is 5.46. The van der Waals surface area contributed by atoms with Gasteiger partial charge in [0.1, 0.15) is 16.8 Å². The Morgan fingerprint density at radius 3 is 2.74 bits per heavy atom. The van der Waals surface area contributed by atoms with Gasteiger partial charge in [-0.2, -0.15) is 0 Å². The molecular weight excluding hydrogens is 262 g/mol. The van der Waals surface area contributed by atoms with Crippen LogP contribution in [0.4, 0.5) is 5.82 Å². The summed E-state index contributed by atoms with van der Waals surface area (Å²) >= 11 is 6.16. The van der Waals surface area contributed by atoms with Gasteiger partial charge in [0.15, 0.2) is 0 Å². The van der Waals surface area contributed by atoms with Crippen LogP contribution in [-0.2, 0) is 4.74 Å². The van der Waals surface area contributed by atoms with Crippen LogP contribution in [0.5, 0.6) is 0 Å². The fraction of sp³-hybridized carbons (Fsp3) is 0.714. The van der Waals surface area contributed by atoms with Crippen molar-refractivity contribution in [3.8, 4) is 0 Å². The number of unbranched alkanes of at least 4 members (excludes halogenated alkanes) is 2. The van der Waals surface area contributed by atoms with Crippen molar-refractivity contribution in [1.82, 2.24) is 9.97 Å². The van der Waals surface area contributed by atoms with Crippen molar-refractivity contribution in [2.45, 2.75) is 44.9 Å². The third-order valence-electron chi connectivity index (χ3n) is 3.36. The molecule has 1 N–H and O–H groups in total. The molecule has 0 amide bonds. The molecule has 0 aliphatic heterocycles. The smallest absolute Gasteiger partial charge is 0.137 e. The summed E-state index contributed by atoms with van der Waals surface area (Å²) in [5.41, 5.74) is 0.947. The van der Waals surface area contributed by atoms with Gasteiger partial charge in [-0.05, 0) is 39.0 Å². The predicted octanol–water partition coefficient (Wildman–Crippen LogP) is 3.54. The van der Waals surface area contributed by atoms with Crippen molar-refractivity contribution >= 4 is 17.4 Å². The molecule has 2 rings (SSSR count). The lowest BCUT2D eigenvalue weighted by Gasteiger charge is -2.11. The number of halogens is 1. The minimum absolute atomic E-state index is 0.528. The van der Waals surface area contributed by atoms with E-state index < -0.39 is 0 Å². The highest BCUT2D eigenvalue weighted by Gasteiger charge is 2.27. The lowest BCUT2D eigenvalue weighted by molar-refractivity contribution is 0.192. The van der Waals surface area contributed by atoms with Crippen LogP contribution in [0.2, 0.25) is 5.15 Å². The summed E-state index contributed by atoms with van der Waals surface area (Å²) in [7, 11) is 1.74. The highest BCUT2D eigenvalue weighted by atomic mass is 35.5. The molecule has 0 bridgehead atoms. The minimum Gasteiger partial charge on any atom is -0.385 e. The number of hydrogen-bond donors (Lipinski definition) is 1. The van der Waals surface area contributed by atoms with Gasteiger partial charge in [0.2, 0.25) is 0 Å². The maximum Gasteiger partial charge on any atom is 0.137 e. The Bertz CT molecular complexity index is 421. The number of methoxy groups -OCH3 is 1. The zero-order valence-corrected chi connectivity index (χ0v) is 12.5. The van der Waals surface area contributed by atoms with Crippen LogP contribution in [0.25, 0.3) is 0 Å². The first-order valence-corrected chi connectivity index (χ1v) is 7.37. The number of nitrogens with zero attached hydrogens (tertiary/aromatic N) is 2. The van der Waals surface area contributed by atoms with Gasteiger partial charge >= 0.3 is 0 Å². The molecule has 19 heavy (non-hydrogen) atoms. The second-order valence-electron chi connectivity index (χ2n) is 5.10. The number of hydrogen-bond acceptors (Lipinski definition) is 4. The Balaban J connectivity index is 1.84. The van der Waals surface area contributed by atoms with Crippen molar-refractivity contribution in [2.75, 3.05) is 25.6 Å². The van der Waals surface area contributed by atoms with Crippen LogP contribution in [0, 0.1) is 6.92 Å². The second kappa shape index (κ2) is 7.06. The van der Waals surface area contributed by atoms with E-state index in [4.69, 9.17) is 16.3 Å². The number of anilines is 1. The van der Waals surface area contributed by atoms with Gasteiger partial charge in [0.05, 0.1) is 0 Å². The molecule has 5 heteroatoms. The zero-order valence-electron chi connectivity index (χ0n) is 11.7. The standard InChI is InChI=1S/C14H22ClN3O/c1-10-12(15)17-14(11-6-7-11)18-13(10)16-8-4-3-5-9-19-2/h11H,3-9H2,1-2H3,(H,16,17,18). The van der Waals surface area contributed by atoms with Gasteiger partial charge in [-0.25, -0.2) is 9.97 Å². The molecule has 0 saturated heterocycles. The Hall–Kier alpha value is -0.870. The Labute approximate surface area is 119 Å². The van der Waals surface area contributed by atoms with Gasteiger partial charge in [0, 0.05) is 31.7 Å². The molecule has 1 aliphatic carbocycles. The summed E-state index contributed by atoms with van der Waals surface area (Å²) in [5.74, 6) is 2.33. The Kier molecular flexibility index (Phi) is 5.40. The molecule has 4 nitrogen and oxygen atoms in total. The molecule has 1 saturated carbocycles. The molecule has 0 spiro atoms. The van der Waals surface area contributed by atoms with Gasteiger partial charge in [0.25, 0.3) is 0 Å². The molecule has 1 aliphatic rings. The first-order valence-electron chi connectivity index (χ1n) is 6.99. The Morgan fingerprint density at radius 1 is 1.26 bits per heavy atom. The lowest BCUT2D eigenvalue weighted by atomic mass is 10.2. The monoisotopic (exact) mass is 283 g/mol. The molecular formula is C14H22ClN3O. The molecule has 106 valence electrons.